The molecule has 0 bridgehead atoms. The number of alkyl halides is 3. The van der Waals surface area contributed by atoms with Gasteiger partial charge in [-0.1, -0.05) is 12.1 Å². The van der Waals surface area contributed by atoms with Crippen LogP contribution in [0.1, 0.15) is 25.0 Å². The van der Waals surface area contributed by atoms with Crippen molar-refractivity contribution in [2.24, 2.45) is 0 Å². The third kappa shape index (κ3) is 4.44. The van der Waals surface area contributed by atoms with Crippen LogP contribution in [-0.4, -0.2) is 16.9 Å². The Labute approximate surface area is 138 Å². The molecule has 0 fully saturated rings. The summed E-state index contributed by atoms with van der Waals surface area (Å²) >= 11 is 0. The summed E-state index contributed by atoms with van der Waals surface area (Å²) in [7, 11) is 0. The molecule has 0 saturated carbocycles. The van der Waals surface area contributed by atoms with Crippen molar-refractivity contribution in [2.45, 2.75) is 26.1 Å². The van der Waals surface area contributed by atoms with E-state index in [1.165, 1.54) is 24.3 Å². The molecular weight excluding hydrogens is 317 g/mol. The van der Waals surface area contributed by atoms with Gasteiger partial charge in [0.05, 0.1) is 17.4 Å². The lowest BCUT2D eigenvalue weighted by molar-refractivity contribution is -0.137. The monoisotopic (exact) mass is 334 g/mol. The smallest absolute Gasteiger partial charge is 0.305 e. The van der Waals surface area contributed by atoms with E-state index in [0.29, 0.717) is 11.3 Å². The number of hydrogen-bond donors (Lipinski definition) is 0. The SMILES string of the molecule is CC(C)N(C(=O)/C=C/c1ccc(C(F)(F)F)cc1)c1cccnc1. The van der Waals surface area contributed by atoms with E-state index in [1.807, 2.05) is 13.8 Å². The predicted octanol–water partition coefficient (Wildman–Crippen LogP) is 4.56. The number of benzene rings is 1. The van der Waals surface area contributed by atoms with E-state index < -0.39 is 11.7 Å². The van der Waals surface area contributed by atoms with Crippen molar-refractivity contribution in [3.05, 3.63) is 66.0 Å². The average molecular weight is 334 g/mol. The highest BCUT2D eigenvalue weighted by Gasteiger charge is 2.29. The quantitative estimate of drug-likeness (QED) is 0.768. The summed E-state index contributed by atoms with van der Waals surface area (Å²) < 4.78 is 37.6. The van der Waals surface area contributed by atoms with Gasteiger partial charge in [-0.3, -0.25) is 9.78 Å². The van der Waals surface area contributed by atoms with Gasteiger partial charge < -0.3 is 4.90 Å². The zero-order chi connectivity index (χ0) is 17.7. The Balaban J connectivity index is 2.16. The summed E-state index contributed by atoms with van der Waals surface area (Å²) in [6.07, 6.45) is 1.67. The molecule has 24 heavy (non-hydrogen) atoms. The van der Waals surface area contributed by atoms with Crippen LogP contribution in [0.4, 0.5) is 18.9 Å². The maximum absolute atomic E-state index is 12.5. The fraction of sp³-hybridized carbons (Fsp3) is 0.222. The fourth-order valence-electron chi connectivity index (χ4n) is 2.21. The molecule has 1 heterocycles. The molecule has 1 amide bonds. The summed E-state index contributed by atoms with van der Waals surface area (Å²) in [4.78, 5) is 18.0. The standard InChI is InChI=1S/C18H17F3N2O/c1-13(2)23(16-4-3-11-22-12-16)17(24)10-7-14-5-8-15(9-6-14)18(19,20)21/h3-13H,1-2H3/b10-7+. The van der Waals surface area contributed by atoms with Gasteiger partial charge in [0, 0.05) is 18.3 Å². The van der Waals surface area contributed by atoms with Crippen molar-refractivity contribution in [3.8, 4) is 0 Å². The third-order valence-electron chi connectivity index (χ3n) is 3.33. The van der Waals surface area contributed by atoms with Crippen LogP contribution in [0.5, 0.6) is 0 Å². The van der Waals surface area contributed by atoms with Gasteiger partial charge in [-0.25, -0.2) is 0 Å². The number of rotatable bonds is 4. The maximum atomic E-state index is 12.5. The van der Waals surface area contributed by atoms with Gasteiger partial charge >= 0.3 is 6.18 Å². The fourth-order valence-corrected chi connectivity index (χ4v) is 2.21. The number of aromatic nitrogens is 1. The second-order valence-electron chi connectivity index (χ2n) is 5.47. The Bertz CT molecular complexity index is 707. The summed E-state index contributed by atoms with van der Waals surface area (Å²) in [5, 5.41) is 0. The second kappa shape index (κ2) is 7.29. The van der Waals surface area contributed by atoms with Crippen molar-refractivity contribution >= 4 is 17.7 Å². The van der Waals surface area contributed by atoms with E-state index in [-0.39, 0.29) is 11.9 Å². The Morgan fingerprint density at radius 2 is 1.83 bits per heavy atom. The Morgan fingerprint density at radius 3 is 2.33 bits per heavy atom. The van der Waals surface area contributed by atoms with E-state index >= 15 is 0 Å². The summed E-state index contributed by atoms with van der Waals surface area (Å²) in [5.74, 6) is -0.266. The minimum atomic E-state index is -4.37. The number of amides is 1. The first-order chi connectivity index (χ1) is 11.3. The van der Waals surface area contributed by atoms with Gasteiger partial charge in [0.2, 0.25) is 0 Å². The topological polar surface area (TPSA) is 33.2 Å². The van der Waals surface area contributed by atoms with Crippen molar-refractivity contribution in [1.29, 1.82) is 0 Å². The summed E-state index contributed by atoms with van der Waals surface area (Å²) in [6, 6.07) is 8.07. The molecule has 0 aliphatic heterocycles. The zero-order valence-electron chi connectivity index (χ0n) is 13.3. The van der Waals surface area contributed by atoms with Crippen LogP contribution in [0, 0.1) is 0 Å². The first-order valence-corrected chi connectivity index (χ1v) is 7.37. The van der Waals surface area contributed by atoms with Crippen molar-refractivity contribution in [3.63, 3.8) is 0 Å². The van der Waals surface area contributed by atoms with Crippen molar-refractivity contribution in [2.75, 3.05) is 4.90 Å². The lowest BCUT2D eigenvalue weighted by atomic mass is 10.1. The molecule has 0 N–H and O–H groups in total. The van der Waals surface area contributed by atoms with Crippen LogP contribution < -0.4 is 4.90 Å². The molecule has 126 valence electrons. The Hall–Kier alpha value is -2.63. The van der Waals surface area contributed by atoms with Crippen LogP contribution in [0.2, 0.25) is 0 Å². The lowest BCUT2D eigenvalue weighted by Gasteiger charge is -2.25. The van der Waals surface area contributed by atoms with E-state index in [4.69, 9.17) is 0 Å². The minimum Gasteiger partial charge on any atom is -0.305 e. The molecule has 0 spiro atoms. The van der Waals surface area contributed by atoms with Gasteiger partial charge in [0.25, 0.3) is 5.91 Å². The molecule has 0 unspecified atom stereocenters. The highest BCUT2D eigenvalue weighted by Crippen LogP contribution is 2.29. The molecule has 1 aromatic heterocycles. The van der Waals surface area contributed by atoms with E-state index in [0.717, 1.165) is 12.1 Å². The first kappa shape index (κ1) is 17.7. The first-order valence-electron chi connectivity index (χ1n) is 7.37. The predicted molar refractivity (Wildman–Crippen MR) is 87.3 cm³/mol. The zero-order valence-corrected chi connectivity index (χ0v) is 13.3. The molecule has 0 aliphatic carbocycles. The highest BCUT2D eigenvalue weighted by atomic mass is 19.4. The van der Waals surface area contributed by atoms with Gasteiger partial charge in [0.1, 0.15) is 0 Å². The molecule has 2 rings (SSSR count). The Morgan fingerprint density at radius 1 is 1.17 bits per heavy atom. The number of pyridine rings is 1. The number of carbonyl (C=O) groups is 1. The van der Waals surface area contributed by atoms with Crippen LogP contribution in [-0.2, 0) is 11.0 Å². The minimum absolute atomic E-state index is 0.0843. The molecule has 1 aromatic carbocycles. The molecule has 3 nitrogen and oxygen atoms in total. The largest absolute Gasteiger partial charge is 0.416 e. The summed E-state index contributed by atoms with van der Waals surface area (Å²) in [5.41, 5.74) is 0.464. The normalized spacial score (nSPS) is 11.9. The number of carbonyl (C=O) groups excluding carboxylic acids is 1. The number of nitrogens with zero attached hydrogens (tertiary/aromatic N) is 2. The summed E-state index contributed by atoms with van der Waals surface area (Å²) in [6.45, 7) is 3.74. The van der Waals surface area contributed by atoms with Gasteiger partial charge in [-0.05, 0) is 49.8 Å². The molecular formula is C18H17F3N2O. The second-order valence-corrected chi connectivity index (χ2v) is 5.47. The van der Waals surface area contributed by atoms with Crippen LogP contribution in [0.15, 0.2) is 54.9 Å². The van der Waals surface area contributed by atoms with Gasteiger partial charge in [0.15, 0.2) is 0 Å². The highest BCUT2D eigenvalue weighted by molar-refractivity contribution is 6.04. The lowest BCUT2D eigenvalue weighted by Crippen LogP contribution is -2.35. The van der Waals surface area contributed by atoms with Crippen LogP contribution in [0.3, 0.4) is 0 Å². The van der Waals surface area contributed by atoms with Crippen molar-refractivity contribution in [1.82, 2.24) is 4.98 Å². The number of anilines is 1. The van der Waals surface area contributed by atoms with Gasteiger partial charge in [-0.2, -0.15) is 13.2 Å². The molecule has 0 aliphatic rings. The molecule has 0 atom stereocenters. The Kier molecular flexibility index (Phi) is 5.39. The molecule has 6 heteroatoms. The van der Waals surface area contributed by atoms with E-state index in [2.05, 4.69) is 4.98 Å². The van der Waals surface area contributed by atoms with E-state index in [9.17, 15) is 18.0 Å². The maximum Gasteiger partial charge on any atom is 0.416 e. The molecule has 2 aromatic rings. The van der Waals surface area contributed by atoms with Crippen LogP contribution >= 0.6 is 0 Å². The van der Waals surface area contributed by atoms with Crippen LogP contribution in [0.25, 0.3) is 6.08 Å². The van der Waals surface area contributed by atoms with Crippen molar-refractivity contribution < 1.29 is 18.0 Å². The molecule has 0 saturated heterocycles. The van der Waals surface area contributed by atoms with Gasteiger partial charge in [-0.15, -0.1) is 0 Å². The number of halogens is 3. The van der Waals surface area contributed by atoms with E-state index in [1.54, 1.807) is 29.4 Å². The average Bonchev–Trinajstić information content (AvgIpc) is 2.53. The molecule has 0 radical (unpaired) electrons. The number of hydrogen-bond acceptors (Lipinski definition) is 2. The third-order valence-corrected chi connectivity index (χ3v) is 3.33.